The monoisotopic (exact) mass is 534 g/mol. The molecule has 1 aromatic heterocycles. The zero-order chi connectivity index (χ0) is 26.2. The number of benzene rings is 2. The van der Waals surface area contributed by atoms with Gasteiger partial charge in [0.15, 0.2) is 0 Å². The Morgan fingerprint density at radius 2 is 1.76 bits per heavy atom. The van der Waals surface area contributed by atoms with Crippen molar-refractivity contribution in [2.45, 2.75) is 37.4 Å². The van der Waals surface area contributed by atoms with Crippen LogP contribution in [0.5, 0.6) is 0 Å². The summed E-state index contributed by atoms with van der Waals surface area (Å²) in [7, 11) is -2.46. The first-order chi connectivity index (χ1) is 17.5. The Balaban J connectivity index is 1.32. The maximum atomic E-state index is 14.4. The number of rotatable bonds is 3. The van der Waals surface area contributed by atoms with Crippen LogP contribution in [-0.2, 0) is 30.1 Å². The highest BCUT2D eigenvalue weighted by Crippen LogP contribution is 2.51. The second kappa shape index (κ2) is 8.37. The van der Waals surface area contributed by atoms with Crippen molar-refractivity contribution in [3.05, 3.63) is 65.5 Å². The van der Waals surface area contributed by atoms with Crippen LogP contribution in [0.4, 0.5) is 17.6 Å². The topological polar surface area (TPSA) is 67.2 Å². The first-order valence-corrected chi connectivity index (χ1v) is 13.7. The maximum Gasteiger partial charge on any atom is 0.402 e. The number of hydrogen-bond acceptors (Lipinski definition) is 3. The van der Waals surface area contributed by atoms with E-state index in [1.54, 1.807) is 29.9 Å². The summed E-state index contributed by atoms with van der Waals surface area (Å²) in [5.74, 6) is -0.529. The predicted molar refractivity (Wildman–Crippen MR) is 130 cm³/mol. The lowest BCUT2D eigenvalue weighted by atomic mass is 9.79. The van der Waals surface area contributed by atoms with Gasteiger partial charge in [0, 0.05) is 24.7 Å². The van der Waals surface area contributed by atoms with Crippen LogP contribution < -0.4 is 4.72 Å². The van der Waals surface area contributed by atoms with E-state index in [4.69, 9.17) is 0 Å². The van der Waals surface area contributed by atoms with Crippen LogP contribution in [-0.4, -0.2) is 47.3 Å². The van der Waals surface area contributed by atoms with E-state index >= 15 is 0 Å². The Morgan fingerprint density at radius 1 is 1.05 bits per heavy atom. The third kappa shape index (κ3) is 4.17. The minimum atomic E-state index is -4.61. The molecule has 2 heterocycles. The van der Waals surface area contributed by atoms with Gasteiger partial charge in [-0.1, -0.05) is 24.3 Å². The molecule has 1 saturated carbocycles. The average molecular weight is 535 g/mol. The second-order valence-electron chi connectivity index (χ2n) is 10.4. The number of nitrogens with zero attached hydrogens (tertiary/aromatic N) is 3. The molecule has 1 spiro atoms. The molecular weight excluding hydrogens is 508 g/mol. The van der Waals surface area contributed by atoms with Gasteiger partial charge in [-0.2, -0.15) is 35.7 Å². The van der Waals surface area contributed by atoms with E-state index in [-0.39, 0.29) is 24.2 Å². The number of aromatic nitrogens is 2. The molecule has 1 N–H and O–H groups in total. The molecule has 37 heavy (non-hydrogen) atoms. The molecule has 2 aliphatic carbocycles. The Bertz CT molecular complexity index is 1490. The van der Waals surface area contributed by atoms with Crippen molar-refractivity contribution < 1.29 is 26.0 Å². The molecular formula is C26H26F4N4O2S. The number of alkyl halides is 3. The van der Waals surface area contributed by atoms with Crippen molar-refractivity contribution in [3.63, 3.8) is 0 Å². The number of hydrogen-bond donors (Lipinski definition) is 1. The molecule has 0 radical (unpaired) electrons. The molecule has 0 amide bonds. The van der Waals surface area contributed by atoms with Gasteiger partial charge in [0.05, 0.1) is 16.9 Å². The van der Waals surface area contributed by atoms with E-state index in [2.05, 4.69) is 9.82 Å². The Morgan fingerprint density at radius 3 is 2.46 bits per heavy atom. The van der Waals surface area contributed by atoms with Crippen LogP contribution in [0.2, 0.25) is 0 Å². The van der Waals surface area contributed by atoms with Gasteiger partial charge in [-0.05, 0) is 72.9 Å². The van der Waals surface area contributed by atoms with Gasteiger partial charge in [-0.3, -0.25) is 4.68 Å². The largest absolute Gasteiger partial charge is 0.402 e. The van der Waals surface area contributed by atoms with E-state index < -0.39 is 28.5 Å². The van der Waals surface area contributed by atoms with E-state index in [9.17, 15) is 26.0 Å². The summed E-state index contributed by atoms with van der Waals surface area (Å²) in [6.07, 6.45) is -1.93. The lowest BCUT2D eigenvalue weighted by molar-refractivity contribution is -0.136. The minimum absolute atomic E-state index is 0.0832. The number of nitrogens with one attached hydrogen (secondary N) is 1. The Kier molecular flexibility index (Phi) is 5.56. The van der Waals surface area contributed by atoms with Crippen LogP contribution in [0.3, 0.4) is 0 Å². The zero-order valence-electron chi connectivity index (χ0n) is 20.1. The number of halogens is 4. The number of fused-ring (bicyclic) bond motifs is 1. The fraction of sp³-hybridized carbons (Fsp3) is 0.423. The molecule has 2 aromatic carbocycles. The molecule has 3 aliphatic rings. The fourth-order valence-electron chi connectivity index (χ4n) is 6.53. The summed E-state index contributed by atoms with van der Waals surface area (Å²) in [6, 6.07) is 14.3. The summed E-state index contributed by atoms with van der Waals surface area (Å²) >= 11 is 0. The summed E-state index contributed by atoms with van der Waals surface area (Å²) in [5, 5.41) is 4.60. The van der Waals surface area contributed by atoms with Gasteiger partial charge in [0.2, 0.25) is 0 Å². The van der Waals surface area contributed by atoms with E-state index in [0.29, 0.717) is 34.1 Å². The smallest absolute Gasteiger partial charge is 0.267 e. The summed E-state index contributed by atoms with van der Waals surface area (Å²) in [5.41, 5.74) is 3.86. The highest BCUT2D eigenvalue weighted by atomic mass is 32.2. The third-order valence-corrected chi connectivity index (χ3v) is 9.81. The normalized spacial score (nSPS) is 26.9. The number of aryl methyl sites for hydroxylation is 1. The molecule has 6 nitrogen and oxygen atoms in total. The second-order valence-corrected chi connectivity index (χ2v) is 12.1. The van der Waals surface area contributed by atoms with Gasteiger partial charge < -0.3 is 0 Å². The maximum absolute atomic E-state index is 14.4. The van der Waals surface area contributed by atoms with Crippen molar-refractivity contribution in [2.75, 3.05) is 13.1 Å². The average Bonchev–Trinajstić information content (AvgIpc) is 3.38. The van der Waals surface area contributed by atoms with Crippen LogP contribution in [0.1, 0.15) is 24.0 Å². The van der Waals surface area contributed by atoms with Gasteiger partial charge >= 0.3 is 6.18 Å². The molecule has 2 bridgehead atoms. The highest BCUT2D eigenvalue weighted by molar-refractivity contribution is 7.87. The van der Waals surface area contributed by atoms with Gasteiger partial charge in [-0.25, -0.2) is 4.39 Å². The third-order valence-electron chi connectivity index (χ3n) is 8.24. The molecule has 1 aliphatic heterocycles. The molecule has 6 rings (SSSR count). The first kappa shape index (κ1) is 24.6. The fourth-order valence-corrected chi connectivity index (χ4v) is 8.24. The standard InChI is InChI=1S/C26H26F4N4O2S/c1-33-24(21-4-2-3-5-22(21)27)13-23(31-33)17-7-6-16-11-19-8-9-20(12-18(16)10-17)25(19)14-34(15-26(28,29)30)37(35,36)32-25/h2-7,10,13,19-20,32H,8-9,11-12,14-15H2,1H3/t19-,20?,25+/m0/s1. The van der Waals surface area contributed by atoms with E-state index in [1.165, 1.54) is 6.07 Å². The lowest BCUT2D eigenvalue weighted by Crippen LogP contribution is -2.52. The summed E-state index contributed by atoms with van der Waals surface area (Å²) in [6.45, 7) is -1.65. The molecule has 2 fully saturated rings. The molecule has 1 unspecified atom stereocenters. The first-order valence-electron chi connectivity index (χ1n) is 12.2. The molecule has 1 saturated heterocycles. The highest BCUT2D eigenvalue weighted by Gasteiger charge is 2.60. The van der Waals surface area contributed by atoms with Crippen LogP contribution in [0.15, 0.2) is 48.5 Å². The van der Waals surface area contributed by atoms with Gasteiger partial charge in [-0.15, -0.1) is 0 Å². The zero-order valence-corrected chi connectivity index (χ0v) is 20.9. The van der Waals surface area contributed by atoms with Crippen molar-refractivity contribution in [1.82, 2.24) is 18.8 Å². The van der Waals surface area contributed by atoms with Crippen molar-refractivity contribution >= 4 is 10.2 Å². The van der Waals surface area contributed by atoms with Crippen LogP contribution in [0.25, 0.3) is 22.5 Å². The van der Waals surface area contributed by atoms with E-state index in [1.807, 2.05) is 24.3 Å². The Labute approximate surface area is 212 Å². The van der Waals surface area contributed by atoms with E-state index in [0.717, 1.165) is 29.5 Å². The Hall–Kier alpha value is -2.76. The quantitative estimate of drug-likeness (QED) is 0.505. The molecule has 196 valence electrons. The summed E-state index contributed by atoms with van der Waals surface area (Å²) in [4.78, 5) is 0. The van der Waals surface area contributed by atoms with Gasteiger partial charge in [0.1, 0.15) is 12.4 Å². The predicted octanol–water partition coefficient (Wildman–Crippen LogP) is 4.47. The minimum Gasteiger partial charge on any atom is -0.267 e. The molecule has 3 aromatic rings. The molecule has 11 heteroatoms. The van der Waals surface area contributed by atoms with Crippen molar-refractivity contribution in [3.8, 4) is 22.5 Å². The lowest BCUT2D eigenvalue weighted by Gasteiger charge is -2.33. The van der Waals surface area contributed by atoms with Crippen LogP contribution in [0, 0.1) is 17.7 Å². The van der Waals surface area contributed by atoms with Crippen molar-refractivity contribution in [1.29, 1.82) is 0 Å². The SMILES string of the molecule is Cn1nc(-c2ccc3c(c2)CC2CC[C@@H](C3)[C@]23CN(CC(F)(F)F)S(=O)(=O)N3)cc1-c1ccccc1F. The van der Waals surface area contributed by atoms with Crippen LogP contribution >= 0.6 is 0 Å². The molecule has 3 atom stereocenters. The van der Waals surface area contributed by atoms with Crippen molar-refractivity contribution in [2.24, 2.45) is 18.9 Å². The van der Waals surface area contributed by atoms with Gasteiger partial charge in [0.25, 0.3) is 10.2 Å². The summed E-state index contributed by atoms with van der Waals surface area (Å²) < 4.78 is 84.0.